The summed E-state index contributed by atoms with van der Waals surface area (Å²) in [4.78, 5) is 23.2. The van der Waals surface area contributed by atoms with Gasteiger partial charge in [-0.05, 0) is 19.4 Å². The molecule has 2 aromatic rings. The topological polar surface area (TPSA) is 59.3 Å². The molecule has 0 fully saturated rings. The smallest absolute Gasteiger partial charge is 0.337 e. The Morgan fingerprint density at radius 1 is 1.14 bits per heavy atom. The highest BCUT2D eigenvalue weighted by molar-refractivity contribution is 5.90. The van der Waals surface area contributed by atoms with Crippen molar-refractivity contribution in [1.82, 2.24) is 4.57 Å². The van der Waals surface area contributed by atoms with Crippen LogP contribution in [0.4, 0.5) is 13.2 Å². The third kappa shape index (κ3) is 2.42. The quantitative estimate of drug-likeness (QED) is 0.867. The molecule has 1 aromatic heterocycles. The second-order valence-electron chi connectivity index (χ2n) is 4.49. The number of rotatable bonds is 2. The van der Waals surface area contributed by atoms with Crippen LogP contribution in [0.25, 0.3) is 5.69 Å². The van der Waals surface area contributed by atoms with Crippen molar-refractivity contribution >= 4 is 5.97 Å². The second-order valence-corrected chi connectivity index (χ2v) is 4.49. The van der Waals surface area contributed by atoms with Crippen LogP contribution in [0.2, 0.25) is 0 Å². The van der Waals surface area contributed by atoms with Gasteiger partial charge in [-0.1, -0.05) is 0 Å². The number of halogens is 3. The minimum absolute atomic E-state index is 0.114. The van der Waals surface area contributed by atoms with Crippen molar-refractivity contribution in [2.24, 2.45) is 0 Å². The molecule has 0 unspecified atom stereocenters. The lowest BCUT2D eigenvalue weighted by Crippen LogP contribution is -2.25. The Morgan fingerprint density at radius 3 is 2.33 bits per heavy atom. The van der Waals surface area contributed by atoms with Gasteiger partial charge in [-0.2, -0.15) is 0 Å². The Kier molecular flexibility index (Phi) is 3.59. The molecular formula is C14H10F3NO3. The molecule has 0 saturated carbocycles. The standard InChI is InChI=1S/C14H10F3NO3/c1-6-3-11(19)18(7(2)12(6)14(20)21)10-5-8(15)4-9(16)13(10)17/h3-5H,1-2H3,(H,20,21). The average molecular weight is 297 g/mol. The van der Waals surface area contributed by atoms with E-state index in [1.54, 1.807) is 0 Å². The van der Waals surface area contributed by atoms with Gasteiger partial charge in [0, 0.05) is 23.9 Å². The summed E-state index contributed by atoms with van der Waals surface area (Å²) in [6, 6.07) is 1.94. The van der Waals surface area contributed by atoms with Crippen LogP contribution in [0, 0.1) is 31.3 Å². The number of aromatic nitrogens is 1. The minimum Gasteiger partial charge on any atom is -0.478 e. The number of nitrogens with zero attached hydrogens (tertiary/aromatic N) is 1. The van der Waals surface area contributed by atoms with Crippen LogP contribution in [-0.4, -0.2) is 15.6 Å². The third-order valence-corrected chi connectivity index (χ3v) is 3.08. The fraction of sp³-hybridized carbons (Fsp3) is 0.143. The van der Waals surface area contributed by atoms with Gasteiger partial charge >= 0.3 is 5.97 Å². The molecular weight excluding hydrogens is 287 g/mol. The van der Waals surface area contributed by atoms with Crippen LogP contribution in [0.5, 0.6) is 0 Å². The van der Waals surface area contributed by atoms with Crippen LogP contribution in [0.15, 0.2) is 23.0 Å². The number of carboxylic acid groups (broad SMARTS) is 1. The normalized spacial score (nSPS) is 10.7. The molecule has 0 radical (unpaired) electrons. The first kappa shape index (κ1) is 14.8. The molecule has 1 N–H and O–H groups in total. The van der Waals surface area contributed by atoms with Crippen molar-refractivity contribution in [3.63, 3.8) is 0 Å². The van der Waals surface area contributed by atoms with Gasteiger partial charge in [-0.15, -0.1) is 0 Å². The zero-order chi connectivity index (χ0) is 15.9. The molecule has 21 heavy (non-hydrogen) atoms. The van der Waals surface area contributed by atoms with E-state index in [0.717, 1.165) is 6.07 Å². The Balaban J connectivity index is 2.92. The third-order valence-electron chi connectivity index (χ3n) is 3.08. The van der Waals surface area contributed by atoms with E-state index in [9.17, 15) is 22.8 Å². The summed E-state index contributed by atoms with van der Waals surface area (Å²) < 4.78 is 41.0. The van der Waals surface area contributed by atoms with Crippen molar-refractivity contribution in [2.75, 3.05) is 0 Å². The molecule has 4 nitrogen and oxygen atoms in total. The lowest BCUT2D eigenvalue weighted by molar-refractivity contribution is 0.0694. The number of benzene rings is 1. The highest BCUT2D eigenvalue weighted by atomic mass is 19.2. The van der Waals surface area contributed by atoms with Gasteiger partial charge in [0.15, 0.2) is 11.6 Å². The van der Waals surface area contributed by atoms with Gasteiger partial charge < -0.3 is 5.11 Å². The van der Waals surface area contributed by atoms with E-state index >= 15 is 0 Å². The van der Waals surface area contributed by atoms with Crippen LogP contribution < -0.4 is 5.56 Å². The zero-order valence-corrected chi connectivity index (χ0v) is 11.1. The molecule has 0 aliphatic rings. The monoisotopic (exact) mass is 297 g/mol. The number of hydrogen-bond donors (Lipinski definition) is 1. The summed E-state index contributed by atoms with van der Waals surface area (Å²) in [5.74, 6) is -5.29. The maximum Gasteiger partial charge on any atom is 0.337 e. The summed E-state index contributed by atoms with van der Waals surface area (Å²) in [6.07, 6.45) is 0. The maximum atomic E-state index is 13.8. The van der Waals surface area contributed by atoms with Gasteiger partial charge in [0.2, 0.25) is 0 Å². The lowest BCUT2D eigenvalue weighted by atomic mass is 10.1. The van der Waals surface area contributed by atoms with Crippen LogP contribution in [0.3, 0.4) is 0 Å². The van der Waals surface area contributed by atoms with Gasteiger partial charge in [0.25, 0.3) is 5.56 Å². The van der Waals surface area contributed by atoms with E-state index in [4.69, 9.17) is 5.11 Å². The molecule has 0 amide bonds. The van der Waals surface area contributed by atoms with Gasteiger partial charge in [0.1, 0.15) is 5.82 Å². The Hall–Kier alpha value is -2.57. The van der Waals surface area contributed by atoms with E-state index in [-0.39, 0.29) is 16.8 Å². The summed E-state index contributed by atoms with van der Waals surface area (Å²) >= 11 is 0. The first-order valence-electron chi connectivity index (χ1n) is 5.85. The first-order valence-corrected chi connectivity index (χ1v) is 5.85. The van der Waals surface area contributed by atoms with Crippen LogP contribution in [-0.2, 0) is 0 Å². The molecule has 1 aromatic carbocycles. The highest BCUT2D eigenvalue weighted by Crippen LogP contribution is 2.21. The Labute approximate surface area is 117 Å². The van der Waals surface area contributed by atoms with Crippen molar-refractivity contribution in [2.45, 2.75) is 13.8 Å². The predicted molar refractivity (Wildman–Crippen MR) is 68.3 cm³/mol. The second kappa shape index (κ2) is 5.08. The summed E-state index contributed by atoms with van der Waals surface area (Å²) in [7, 11) is 0. The van der Waals surface area contributed by atoms with Crippen LogP contribution in [0.1, 0.15) is 21.6 Å². The number of carboxylic acids is 1. The Morgan fingerprint density at radius 2 is 1.76 bits per heavy atom. The maximum absolute atomic E-state index is 13.8. The first-order chi connectivity index (χ1) is 9.73. The van der Waals surface area contributed by atoms with E-state index in [2.05, 4.69) is 0 Å². The van der Waals surface area contributed by atoms with Crippen molar-refractivity contribution < 1.29 is 23.1 Å². The molecule has 0 saturated heterocycles. The van der Waals surface area contributed by atoms with Crippen molar-refractivity contribution in [1.29, 1.82) is 0 Å². The molecule has 0 bridgehead atoms. The number of carbonyl (C=O) groups is 1. The number of aryl methyl sites for hydroxylation is 1. The summed E-state index contributed by atoms with van der Waals surface area (Å²) in [5.41, 5.74) is -1.61. The number of pyridine rings is 1. The van der Waals surface area contributed by atoms with Crippen molar-refractivity contribution in [3.05, 3.63) is 62.8 Å². The molecule has 0 atom stereocenters. The lowest BCUT2D eigenvalue weighted by Gasteiger charge is -2.15. The van der Waals surface area contributed by atoms with E-state index < -0.39 is 34.7 Å². The fourth-order valence-electron chi connectivity index (χ4n) is 2.21. The SMILES string of the molecule is Cc1cc(=O)n(-c2cc(F)cc(F)c2F)c(C)c1C(=O)O. The van der Waals surface area contributed by atoms with E-state index in [1.807, 2.05) is 0 Å². The molecule has 2 rings (SSSR count). The number of hydrogen-bond acceptors (Lipinski definition) is 2. The number of aromatic carboxylic acids is 1. The van der Waals surface area contributed by atoms with E-state index in [0.29, 0.717) is 16.7 Å². The summed E-state index contributed by atoms with van der Waals surface area (Å²) in [6.45, 7) is 2.67. The molecule has 0 spiro atoms. The molecule has 0 aliphatic heterocycles. The van der Waals surface area contributed by atoms with E-state index in [1.165, 1.54) is 13.8 Å². The van der Waals surface area contributed by atoms with Gasteiger partial charge in [0.05, 0.1) is 11.3 Å². The Bertz CT molecular complexity index is 812. The van der Waals surface area contributed by atoms with Gasteiger partial charge in [-0.25, -0.2) is 18.0 Å². The predicted octanol–water partition coefficient (Wildman–Crippen LogP) is 2.57. The molecule has 7 heteroatoms. The average Bonchev–Trinajstić information content (AvgIpc) is 2.33. The highest BCUT2D eigenvalue weighted by Gasteiger charge is 2.20. The fourth-order valence-corrected chi connectivity index (χ4v) is 2.21. The molecule has 1 heterocycles. The summed E-state index contributed by atoms with van der Waals surface area (Å²) in [5, 5.41) is 9.13. The van der Waals surface area contributed by atoms with Crippen LogP contribution >= 0.6 is 0 Å². The largest absolute Gasteiger partial charge is 0.478 e. The molecule has 0 aliphatic carbocycles. The zero-order valence-electron chi connectivity index (χ0n) is 11.1. The van der Waals surface area contributed by atoms with Gasteiger partial charge in [-0.3, -0.25) is 9.36 Å². The van der Waals surface area contributed by atoms with Crippen molar-refractivity contribution in [3.8, 4) is 5.69 Å². The molecule has 110 valence electrons. The minimum atomic E-state index is -1.46.